The third kappa shape index (κ3) is 4.82. The number of hydrogen-bond donors (Lipinski definition) is 1. The van der Waals surface area contributed by atoms with Crippen molar-refractivity contribution in [1.29, 1.82) is 5.26 Å². The van der Waals surface area contributed by atoms with Gasteiger partial charge in [0.15, 0.2) is 5.92 Å². The van der Waals surface area contributed by atoms with E-state index in [0.29, 0.717) is 29.9 Å². The molecule has 0 amide bonds. The van der Waals surface area contributed by atoms with E-state index in [0.717, 1.165) is 19.6 Å². The molecule has 36 heavy (non-hydrogen) atoms. The van der Waals surface area contributed by atoms with Gasteiger partial charge in [0.1, 0.15) is 11.5 Å². The molecular weight excluding hydrogens is 478 g/mol. The zero-order valence-corrected chi connectivity index (χ0v) is 20.0. The number of aromatic nitrogens is 4. The molecule has 0 spiro atoms. The Bertz CT molecular complexity index is 1510. The van der Waals surface area contributed by atoms with Gasteiger partial charge in [-0.1, -0.05) is 54.1 Å². The predicted octanol–water partition coefficient (Wildman–Crippen LogP) is 3.18. The van der Waals surface area contributed by atoms with E-state index in [1.54, 1.807) is 24.3 Å². The fourth-order valence-electron chi connectivity index (χ4n) is 4.25. The Morgan fingerprint density at radius 1 is 1.06 bits per heavy atom. The third-order valence-electron chi connectivity index (χ3n) is 6.16. The van der Waals surface area contributed by atoms with E-state index in [-0.39, 0.29) is 16.5 Å². The smallest absolute Gasteiger partial charge is 0.258 e. The molecule has 2 aromatic carbocycles. The van der Waals surface area contributed by atoms with Crippen LogP contribution in [0.2, 0.25) is 5.02 Å². The second-order valence-electron chi connectivity index (χ2n) is 8.51. The van der Waals surface area contributed by atoms with Crippen LogP contribution in [0.5, 0.6) is 0 Å². The molecule has 1 atom stereocenters. The lowest BCUT2D eigenvalue weighted by atomic mass is 10.0. The number of H-pyrrole nitrogens is 1. The molecule has 4 aromatic rings. The topological polar surface area (TPSA) is 119 Å². The quantitative estimate of drug-likeness (QED) is 0.402. The molecule has 1 aliphatic rings. The maximum Gasteiger partial charge on any atom is 0.258 e. The number of nitrogens with one attached hydrogen (secondary N) is 1. The number of carbonyl (C=O) groups excluding carboxylic acids is 1. The molecule has 10 heteroatoms. The van der Waals surface area contributed by atoms with Crippen LogP contribution < -0.4 is 10.5 Å². The van der Waals surface area contributed by atoms with Crippen molar-refractivity contribution in [3.63, 3.8) is 0 Å². The van der Waals surface area contributed by atoms with E-state index in [4.69, 9.17) is 11.6 Å². The fourth-order valence-corrected chi connectivity index (χ4v) is 4.44. The number of rotatable bonds is 6. The number of nitriles is 1. The normalized spacial score (nSPS) is 14.9. The van der Waals surface area contributed by atoms with Crippen LogP contribution in [0, 0.1) is 11.3 Å². The number of anilines is 1. The molecule has 1 N–H and O–H groups in total. The maximum atomic E-state index is 13.3. The van der Waals surface area contributed by atoms with Crippen LogP contribution >= 0.6 is 11.6 Å². The van der Waals surface area contributed by atoms with Gasteiger partial charge in [0.2, 0.25) is 11.7 Å². The number of ketones is 1. The second-order valence-corrected chi connectivity index (χ2v) is 8.92. The average molecular weight is 500 g/mol. The van der Waals surface area contributed by atoms with E-state index in [1.165, 1.54) is 11.8 Å². The average Bonchev–Trinajstić information content (AvgIpc) is 2.90. The highest BCUT2D eigenvalue weighted by atomic mass is 35.5. The molecule has 5 rings (SSSR count). The molecule has 180 valence electrons. The van der Waals surface area contributed by atoms with Gasteiger partial charge in [-0.15, -0.1) is 0 Å². The summed E-state index contributed by atoms with van der Waals surface area (Å²) in [6.07, 6.45) is 1.37. The van der Waals surface area contributed by atoms with Gasteiger partial charge < -0.3 is 9.88 Å². The summed E-state index contributed by atoms with van der Waals surface area (Å²) in [4.78, 5) is 45.8. The lowest BCUT2D eigenvalue weighted by Crippen LogP contribution is -2.46. The lowest BCUT2D eigenvalue weighted by molar-refractivity contribution is 0.0971. The number of piperazine rings is 1. The molecule has 1 aliphatic heterocycles. The molecule has 3 heterocycles. The van der Waals surface area contributed by atoms with Gasteiger partial charge in [-0.3, -0.25) is 14.5 Å². The van der Waals surface area contributed by atoms with Gasteiger partial charge in [0.05, 0.1) is 28.2 Å². The Kier molecular flexibility index (Phi) is 6.71. The molecule has 1 saturated heterocycles. The van der Waals surface area contributed by atoms with Gasteiger partial charge >= 0.3 is 0 Å². The highest BCUT2D eigenvalue weighted by Gasteiger charge is 2.29. The molecule has 0 unspecified atom stereocenters. The van der Waals surface area contributed by atoms with Gasteiger partial charge in [0, 0.05) is 32.7 Å². The Morgan fingerprint density at radius 3 is 2.53 bits per heavy atom. The second kappa shape index (κ2) is 10.2. The van der Waals surface area contributed by atoms with Crippen molar-refractivity contribution in [1.82, 2.24) is 24.8 Å². The number of Topliss-reactive ketones (excluding diaryl/α,β-unsaturated/α-hetero) is 1. The van der Waals surface area contributed by atoms with Crippen LogP contribution in [0.15, 0.2) is 65.6 Å². The number of carbonyl (C=O) groups is 1. The minimum absolute atomic E-state index is 0.0369. The van der Waals surface area contributed by atoms with Crippen LogP contribution in [-0.4, -0.2) is 56.8 Å². The van der Waals surface area contributed by atoms with Crippen molar-refractivity contribution in [3.05, 3.63) is 93.3 Å². The summed E-state index contributed by atoms with van der Waals surface area (Å²) in [7, 11) is 0. The zero-order valence-electron chi connectivity index (χ0n) is 19.3. The van der Waals surface area contributed by atoms with Crippen molar-refractivity contribution in [2.24, 2.45) is 0 Å². The predicted molar refractivity (Wildman–Crippen MR) is 136 cm³/mol. The first-order valence-corrected chi connectivity index (χ1v) is 11.9. The Morgan fingerprint density at radius 2 is 1.78 bits per heavy atom. The number of nitrogens with zero attached hydrogens (tertiary/aromatic N) is 6. The van der Waals surface area contributed by atoms with Crippen LogP contribution in [-0.2, 0) is 6.54 Å². The Labute approximate surface area is 212 Å². The number of fused-ring (bicyclic) bond motifs is 1. The van der Waals surface area contributed by atoms with Gasteiger partial charge in [-0.05, 0) is 17.7 Å². The summed E-state index contributed by atoms with van der Waals surface area (Å²) in [6, 6.07) is 18.9. The van der Waals surface area contributed by atoms with Crippen molar-refractivity contribution in [2.45, 2.75) is 12.5 Å². The molecule has 9 nitrogen and oxygen atoms in total. The largest absolute Gasteiger partial charge is 0.338 e. The lowest BCUT2D eigenvalue weighted by Gasteiger charge is -2.34. The molecule has 2 aromatic heterocycles. The standard InChI is InChI=1S/C26H22ClN7O2/c27-20-15-29-26(34-12-10-33(11-13-34)16-17-6-2-1-3-7-17)31-22(20)23(35)19(14-28)24-30-21-9-5-4-8-18(21)25(36)32-24/h1-9,15,19H,10-13,16H2,(H,30,32,36)/t19-/m0/s1. The number of para-hydroxylation sites is 1. The van der Waals surface area contributed by atoms with Crippen molar-refractivity contribution in [3.8, 4) is 6.07 Å². The van der Waals surface area contributed by atoms with Gasteiger partial charge in [0.25, 0.3) is 5.56 Å². The zero-order chi connectivity index (χ0) is 25.1. The first-order valence-electron chi connectivity index (χ1n) is 11.5. The number of aromatic amines is 1. The van der Waals surface area contributed by atoms with E-state index in [1.807, 2.05) is 29.2 Å². The van der Waals surface area contributed by atoms with Gasteiger partial charge in [-0.25, -0.2) is 15.0 Å². The minimum atomic E-state index is -1.37. The first kappa shape index (κ1) is 23.6. The molecule has 0 saturated carbocycles. The van der Waals surface area contributed by atoms with Crippen molar-refractivity contribution >= 4 is 34.2 Å². The van der Waals surface area contributed by atoms with E-state index in [2.05, 4.69) is 37.0 Å². The molecule has 0 radical (unpaired) electrons. The SMILES string of the molecule is N#C[C@@H](C(=O)c1nc(N2CCN(Cc3ccccc3)CC2)ncc1Cl)c1nc2ccccc2c(=O)[nH]1. The highest BCUT2D eigenvalue weighted by molar-refractivity contribution is 6.33. The van der Waals surface area contributed by atoms with E-state index < -0.39 is 17.3 Å². The van der Waals surface area contributed by atoms with Crippen molar-refractivity contribution in [2.75, 3.05) is 31.1 Å². The minimum Gasteiger partial charge on any atom is -0.338 e. The van der Waals surface area contributed by atoms with Crippen molar-refractivity contribution < 1.29 is 4.79 Å². The monoisotopic (exact) mass is 499 g/mol. The maximum absolute atomic E-state index is 13.3. The molecule has 0 aliphatic carbocycles. The summed E-state index contributed by atoms with van der Waals surface area (Å²) in [5.74, 6) is -1.69. The Hall–Kier alpha value is -4.13. The molecule has 0 bridgehead atoms. The van der Waals surface area contributed by atoms with Crippen LogP contribution in [0.3, 0.4) is 0 Å². The molecule has 1 fully saturated rings. The highest BCUT2D eigenvalue weighted by Crippen LogP contribution is 2.24. The number of hydrogen-bond acceptors (Lipinski definition) is 8. The van der Waals surface area contributed by atoms with E-state index in [9.17, 15) is 14.9 Å². The van der Waals surface area contributed by atoms with Crippen LogP contribution in [0.1, 0.15) is 27.8 Å². The van der Waals surface area contributed by atoms with E-state index >= 15 is 0 Å². The number of halogens is 1. The summed E-state index contributed by atoms with van der Waals surface area (Å²) in [6.45, 7) is 3.85. The third-order valence-corrected chi connectivity index (χ3v) is 6.44. The van der Waals surface area contributed by atoms with Gasteiger partial charge in [-0.2, -0.15) is 5.26 Å². The summed E-state index contributed by atoms with van der Waals surface area (Å²) < 4.78 is 0. The van der Waals surface area contributed by atoms with Crippen LogP contribution in [0.4, 0.5) is 5.95 Å². The number of benzene rings is 2. The fraction of sp³-hybridized carbons (Fsp3) is 0.231. The molecular formula is C26H22ClN7O2. The summed E-state index contributed by atoms with van der Waals surface area (Å²) in [5, 5.41) is 10.2. The summed E-state index contributed by atoms with van der Waals surface area (Å²) in [5.41, 5.74) is 1.15. The van der Waals surface area contributed by atoms with Crippen LogP contribution in [0.25, 0.3) is 10.9 Å². The summed E-state index contributed by atoms with van der Waals surface area (Å²) >= 11 is 6.28. The first-order chi connectivity index (χ1) is 17.5. The Balaban J connectivity index is 1.35.